The number of nitriles is 1. The molecule has 0 fully saturated rings. The molecule has 0 spiro atoms. The van der Waals surface area contributed by atoms with Gasteiger partial charge in [-0.3, -0.25) is 5.43 Å². The number of nitrogens with one attached hydrogen (secondary N) is 1. The fraction of sp³-hybridized carbons (Fsp3) is 0.125. The van der Waals surface area contributed by atoms with Gasteiger partial charge in [0.25, 0.3) is 0 Å². The Morgan fingerprint density at radius 3 is 2.26 bits per heavy atom. The van der Waals surface area contributed by atoms with E-state index in [1.165, 1.54) is 5.56 Å². The van der Waals surface area contributed by atoms with Crippen molar-refractivity contribution < 1.29 is 0 Å². The normalized spacial score (nSPS) is 10.9. The highest BCUT2D eigenvalue weighted by Gasteiger charge is 1.98. The van der Waals surface area contributed by atoms with E-state index >= 15 is 0 Å². The molecule has 0 heterocycles. The number of hydrogen-bond donors (Lipinski definition) is 1. The van der Waals surface area contributed by atoms with E-state index in [-0.39, 0.29) is 0 Å². The van der Waals surface area contributed by atoms with Gasteiger partial charge in [0.15, 0.2) is 0 Å². The molecule has 0 saturated heterocycles. The quantitative estimate of drug-likeness (QED) is 0.666. The van der Waals surface area contributed by atoms with E-state index < -0.39 is 0 Å². The molecule has 0 saturated carbocycles. The predicted molar refractivity (Wildman–Crippen MR) is 78.2 cm³/mol. The lowest BCUT2D eigenvalue weighted by Gasteiger charge is -2.04. The molecule has 94 valence electrons. The van der Waals surface area contributed by atoms with Gasteiger partial charge in [0.05, 0.1) is 23.0 Å². The zero-order valence-electron chi connectivity index (χ0n) is 11.0. The van der Waals surface area contributed by atoms with Crippen molar-refractivity contribution in [3.05, 3.63) is 65.2 Å². The van der Waals surface area contributed by atoms with Crippen LogP contribution in [0.1, 0.15) is 23.6 Å². The highest BCUT2D eigenvalue weighted by Crippen LogP contribution is 2.10. The summed E-state index contributed by atoms with van der Waals surface area (Å²) in [6, 6.07) is 17.5. The second-order valence-corrected chi connectivity index (χ2v) is 4.36. The maximum absolute atomic E-state index is 8.75. The van der Waals surface area contributed by atoms with Gasteiger partial charge in [0.2, 0.25) is 0 Å². The van der Waals surface area contributed by atoms with E-state index in [1.54, 1.807) is 12.1 Å². The zero-order valence-corrected chi connectivity index (χ0v) is 11.0. The van der Waals surface area contributed by atoms with E-state index in [0.29, 0.717) is 5.56 Å². The van der Waals surface area contributed by atoms with Crippen LogP contribution in [0.4, 0.5) is 5.69 Å². The van der Waals surface area contributed by atoms with Crippen molar-refractivity contribution in [3.8, 4) is 6.07 Å². The van der Waals surface area contributed by atoms with Crippen molar-refractivity contribution in [3.63, 3.8) is 0 Å². The van der Waals surface area contributed by atoms with E-state index in [1.807, 2.05) is 43.3 Å². The average molecular weight is 249 g/mol. The van der Waals surface area contributed by atoms with Crippen LogP contribution >= 0.6 is 0 Å². The van der Waals surface area contributed by atoms with E-state index in [9.17, 15) is 0 Å². The summed E-state index contributed by atoms with van der Waals surface area (Å²) >= 11 is 0. The Morgan fingerprint density at radius 2 is 1.68 bits per heavy atom. The topological polar surface area (TPSA) is 48.2 Å². The average Bonchev–Trinajstić information content (AvgIpc) is 2.46. The summed E-state index contributed by atoms with van der Waals surface area (Å²) in [6.07, 6.45) is 0. The number of aryl methyl sites for hydroxylation is 1. The Bertz CT molecular complexity index is 617. The SMILES string of the molecule is CC(=NNc1ccc(C)cc1)c1ccc(C#N)cc1. The lowest BCUT2D eigenvalue weighted by molar-refractivity contribution is 1.31. The lowest BCUT2D eigenvalue weighted by Crippen LogP contribution is -1.99. The maximum atomic E-state index is 8.75. The minimum Gasteiger partial charge on any atom is -0.278 e. The summed E-state index contributed by atoms with van der Waals surface area (Å²) in [4.78, 5) is 0. The van der Waals surface area contributed by atoms with Crippen LogP contribution in [0.15, 0.2) is 53.6 Å². The van der Waals surface area contributed by atoms with Crippen molar-refractivity contribution in [2.24, 2.45) is 5.10 Å². The van der Waals surface area contributed by atoms with Crippen LogP contribution in [0.2, 0.25) is 0 Å². The molecule has 0 aromatic heterocycles. The van der Waals surface area contributed by atoms with Crippen molar-refractivity contribution in [2.75, 3.05) is 5.43 Å². The van der Waals surface area contributed by atoms with Gasteiger partial charge in [-0.2, -0.15) is 10.4 Å². The molecule has 19 heavy (non-hydrogen) atoms. The molecule has 3 heteroatoms. The molecule has 0 atom stereocenters. The van der Waals surface area contributed by atoms with Crippen LogP contribution in [0.25, 0.3) is 0 Å². The molecule has 2 aromatic carbocycles. The number of rotatable bonds is 3. The van der Waals surface area contributed by atoms with Gasteiger partial charge in [-0.15, -0.1) is 0 Å². The van der Waals surface area contributed by atoms with Gasteiger partial charge >= 0.3 is 0 Å². The molecule has 0 radical (unpaired) electrons. The van der Waals surface area contributed by atoms with Crippen LogP contribution in [0.3, 0.4) is 0 Å². The monoisotopic (exact) mass is 249 g/mol. The van der Waals surface area contributed by atoms with Crippen molar-refractivity contribution in [1.82, 2.24) is 0 Å². The zero-order chi connectivity index (χ0) is 13.7. The van der Waals surface area contributed by atoms with Crippen molar-refractivity contribution in [1.29, 1.82) is 5.26 Å². The highest BCUT2D eigenvalue weighted by molar-refractivity contribution is 5.99. The van der Waals surface area contributed by atoms with Crippen LogP contribution in [-0.4, -0.2) is 5.71 Å². The molecule has 1 N–H and O–H groups in total. The third-order valence-corrected chi connectivity index (χ3v) is 2.84. The lowest BCUT2D eigenvalue weighted by atomic mass is 10.1. The van der Waals surface area contributed by atoms with E-state index in [2.05, 4.69) is 23.5 Å². The summed E-state index contributed by atoms with van der Waals surface area (Å²) in [6.45, 7) is 3.98. The van der Waals surface area contributed by atoms with Gasteiger partial charge in [0.1, 0.15) is 0 Å². The minimum atomic E-state index is 0.656. The number of hydrogen-bond acceptors (Lipinski definition) is 3. The van der Waals surface area contributed by atoms with Gasteiger partial charge in [-0.05, 0) is 43.7 Å². The van der Waals surface area contributed by atoms with Gasteiger partial charge in [-0.1, -0.05) is 29.8 Å². The number of anilines is 1. The summed E-state index contributed by atoms with van der Waals surface area (Å²) in [5.41, 5.74) is 7.73. The predicted octanol–water partition coefficient (Wildman–Crippen LogP) is 3.70. The Balaban J connectivity index is 2.10. The molecule has 3 nitrogen and oxygen atoms in total. The molecule has 0 amide bonds. The third kappa shape index (κ3) is 3.43. The van der Waals surface area contributed by atoms with Crippen LogP contribution < -0.4 is 5.43 Å². The van der Waals surface area contributed by atoms with Crippen LogP contribution in [-0.2, 0) is 0 Å². The first kappa shape index (κ1) is 12.8. The van der Waals surface area contributed by atoms with Crippen molar-refractivity contribution >= 4 is 11.4 Å². The molecule has 2 rings (SSSR count). The molecule has 0 aliphatic rings. The summed E-state index contributed by atoms with van der Waals surface area (Å²) in [7, 11) is 0. The van der Waals surface area contributed by atoms with Gasteiger partial charge in [0, 0.05) is 0 Å². The van der Waals surface area contributed by atoms with Gasteiger partial charge in [-0.25, -0.2) is 0 Å². The second-order valence-electron chi connectivity index (χ2n) is 4.36. The molecule has 0 aliphatic heterocycles. The number of nitrogens with zero attached hydrogens (tertiary/aromatic N) is 2. The number of benzene rings is 2. The van der Waals surface area contributed by atoms with Crippen molar-refractivity contribution in [2.45, 2.75) is 13.8 Å². The maximum Gasteiger partial charge on any atom is 0.0991 e. The first-order chi connectivity index (χ1) is 9.19. The Hall–Kier alpha value is -2.60. The van der Waals surface area contributed by atoms with E-state index in [4.69, 9.17) is 5.26 Å². The molecular weight excluding hydrogens is 234 g/mol. The molecule has 0 unspecified atom stereocenters. The number of hydrazone groups is 1. The molecule has 0 bridgehead atoms. The first-order valence-electron chi connectivity index (χ1n) is 6.06. The van der Waals surface area contributed by atoms with Gasteiger partial charge < -0.3 is 0 Å². The fourth-order valence-corrected chi connectivity index (χ4v) is 1.63. The van der Waals surface area contributed by atoms with E-state index in [0.717, 1.165) is 17.0 Å². The Kier molecular flexibility index (Phi) is 3.94. The fourth-order valence-electron chi connectivity index (χ4n) is 1.63. The largest absolute Gasteiger partial charge is 0.278 e. The van der Waals surface area contributed by atoms with Crippen LogP contribution in [0.5, 0.6) is 0 Å². The highest BCUT2D eigenvalue weighted by atomic mass is 15.3. The summed E-state index contributed by atoms with van der Waals surface area (Å²) in [5.74, 6) is 0. The second kappa shape index (κ2) is 5.83. The smallest absolute Gasteiger partial charge is 0.0991 e. The molecule has 0 aliphatic carbocycles. The molecular formula is C16H15N3. The summed E-state index contributed by atoms with van der Waals surface area (Å²) < 4.78 is 0. The standard InChI is InChI=1S/C16H15N3/c1-12-3-9-16(10-4-12)19-18-13(2)15-7-5-14(11-17)6-8-15/h3-10,19H,1-2H3. The minimum absolute atomic E-state index is 0.656. The summed E-state index contributed by atoms with van der Waals surface area (Å²) in [5, 5.41) is 13.1. The van der Waals surface area contributed by atoms with Crippen LogP contribution in [0, 0.1) is 18.3 Å². The first-order valence-corrected chi connectivity index (χ1v) is 6.06. The molecule has 2 aromatic rings. The Morgan fingerprint density at radius 1 is 1.05 bits per heavy atom. The third-order valence-electron chi connectivity index (χ3n) is 2.84. The Labute approximate surface area is 113 Å².